The molecule has 2 amide bonds. The molecule has 2 aliphatic rings. The lowest BCUT2D eigenvalue weighted by atomic mass is 10.0. The zero-order valence-corrected chi connectivity index (χ0v) is 21.8. The molecule has 1 N–H and O–H groups in total. The van der Waals surface area contributed by atoms with E-state index in [1.807, 2.05) is 50.8 Å². The highest BCUT2D eigenvalue weighted by Crippen LogP contribution is 2.36. The quantitative estimate of drug-likeness (QED) is 0.531. The van der Waals surface area contributed by atoms with Gasteiger partial charge in [0.15, 0.2) is 11.4 Å². The molecule has 0 saturated carbocycles. The molecule has 0 aromatic heterocycles. The van der Waals surface area contributed by atoms with Gasteiger partial charge in [0, 0.05) is 30.3 Å². The number of carbonyl (C=O) groups is 2. The summed E-state index contributed by atoms with van der Waals surface area (Å²) in [6.45, 7) is 24.1. The summed E-state index contributed by atoms with van der Waals surface area (Å²) >= 11 is 0. The maximum atomic E-state index is 12.0. The lowest BCUT2D eigenvalue weighted by Crippen LogP contribution is -2.35. The summed E-state index contributed by atoms with van der Waals surface area (Å²) in [5.74, 6) is 0.257. The van der Waals surface area contributed by atoms with E-state index in [0.717, 1.165) is 46.5 Å². The van der Waals surface area contributed by atoms with Crippen LogP contribution in [0.15, 0.2) is 24.3 Å². The first-order chi connectivity index (χ1) is 17.2. The SMILES string of the molecule is [C-]#[N+]c1ccc(N2C(=O)CC[C@@H]2CC)c(C)c1C.[C-]#[N+]c1ccc(N2C(=O)CC[C@@H]2CO)c(C)c1C. The molecule has 0 radical (unpaired) electrons. The van der Waals surface area contributed by atoms with Crippen molar-refractivity contribution >= 4 is 34.6 Å². The molecule has 188 valence electrons. The lowest BCUT2D eigenvalue weighted by molar-refractivity contribution is -0.118. The van der Waals surface area contributed by atoms with Crippen molar-refractivity contribution in [2.45, 2.75) is 78.8 Å². The van der Waals surface area contributed by atoms with Crippen molar-refractivity contribution in [2.75, 3.05) is 16.4 Å². The summed E-state index contributed by atoms with van der Waals surface area (Å²) < 4.78 is 0. The fourth-order valence-electron chi connectivity index (χ4n) is 5.06. The number of aliphatic hydroxyl groups is 1. The van der Waals surface area contributed by atoms with Crippen LogP contribution in [0.1, 0.15) is 61.3 Å². The maximum absolute atomic E-state index is 12.0. The van der Waals surface area contributed by atoms with Gasteiger partial charge >= 0.3 is 0 Å². The first-order valence-electron chi connectivity index (χ1n) is 12.4. The molecule has 2 aliphatic heterocycles. The van der Waals surface area contributed by atoms with Gasteiger partial charge in [-0.15, -0.1) is 0 Å². The molecule has 0 spiro atoms. The highest BCUT2D eigenvalue weighted by atomic mass is 16.3. The Morgan fingerprint density at radius 1 is 0.778 bits per heavy atom. The molecule has 2 saturated heterocycles. The number of carbonyl (C=O) groups excluding carboxylic acids is 2. The third kappa shape index (κ3) is 4.98. The van der Waals surface area contributed by atoms with E-state index in [9.17, 15) is 14.7 Å². The Morgan fingerprint density at radius 2 is 1.19 bits per heavy atom. The molecular formula is C29H34N4O3. The van der Waals surface area contributed by atoms with Crippen molar-refractivity contribution in [3.63, 3.8) is 0 Å². The fourth-order valence-corrected chi connectivity index (χ4v) is 5.06. The lowest BCUT2D eigenvalue weighted by Gasteiger charge is -2.26. The van der Waals surface area contributed by atoms with Gasteiger partial charge in [0.2, 0.25) is 11.8 Å². The third-order valence-electron chi connectivity index (χ3n) is 7.55. The van der Waals surface area contributed by atoms with Gasteiger partial charge in [-0.05, 0) is 81.3 Å². The zero-order valence-electron chi connectivity index (χ0n) is 21.8. The molecule has 7 heteroatoms. The molecule has 0 unspecified atom stereocenters. The van der Waals surface area contributed by atoms with E-state index in [-0.39, 0.29) is 24.5 Å². The third-order valence-corrected chi connectivity index (χ3v) is 7.55. The minimum absolute atomic E-state index is 0.0190. The number of aliphatic hydroxyl groups excluding tert-OH is 1. The minimum atomic E-state index is -0.130. The van der Waals surface area contributed by atoms with Crippen LogP contribution in [0.2, 0.25) is 0 Å². The number of nitrogens with zero attached hydrogens (tertiary/aromatic N) is 4. The summed E-state index contributed by atoms with van der Waals surface area (Å²) in [6.07, 6.45) is 3.74. The van der Waals surface area contributed by atoms with Crippen molar-refractivity contribution in [1.82, 2.24) is 0 Å². The standard InChI is InChI=1S/C15H18N2O.C14H16N2O2/c1-5-12-6-9-15(18)17(12)14-8-7-13(16-4)10(2)11(14)3;1-9-10(2)13(6-5-12(9)15-3)16-11(8-17)4-7-14(16)18/h7-8,12H,5-6,9H2,1-3H3;5-6,11,17H,4,7-8H2,1-2H3/t12-;11-/m01/s1. The summed E-state index contributed by atoms with van der Waals surface area (Å²) in [5.41, 5.74) is 6.97. The van der Waals surface area contributed by atoms with E-state index in [0.29, 0.717) is 36.7 Å². The van der Waals surface area contributed by atoms with Crippen LogP contribution in [0.5, 0.6) is 0 Å². The maximum Gasteiger partial charge on any atom is 0.227 e. The Balaban J connectivity index is 0.000000201. The van der Waals surface area contributed by atoms with Gasteiger partial charge in [-0.2, -0.15) is 0 Å². The monoisotopic (exact) mass is 486 g/mol. The Labute approximate surface area is 214 Å². The van der Waals surface area contributed by atoms with Crippen LogP contribution in [0.3, 0.4) is 0 Å². The van der Waals surface area contributed by atoms with Crippen molar-refractivity contribution in [2.24, 2.45) is 0 Å². The van der Waals surface area contributed by atoms with E-state index in [4.69, 9.17) is 13.1 Å². The van der Waals surface area contributed by atoms with Crippen molar-refractivity contribution in [3.05, 3.63) is 69.4 Å². The van der Waals surface area contributed by atoms with Gasteiger partial charge in [0.25, 0.3) is 0 Å². The molecule has 36 heavy (non-hydrogen) atoms. The van der Waals surface area contributed by atoms with Crippen LogP contribution in [-0.2, 0) is 9.59 Å². The Morgan fingerprint density at radius 3 is 1.58 bits per heavy atom. The molecule has 2 aromatic carbocycles. The van der Waals surface area contributed by atoms with Gasteiger partial charge in [-0.3, -0.25) is 9.59 Å². The molecule has 0 bridgehead atoms. The molecule has 7 nitrogen and oxygen atoms in total. The van der Waals surface area contributed by atoms with Crippen LogP contribution in [-0.4, -0.2) is 35.6 Å². The molecule has 4 rings (SSSR count). The highest BCUT2D eigenvalue weighted by Gasteiger charge is 2.33. The van der Waals surface area contributed by atoms with E-state index >= 15 is 0 Å². The molecule has 2 heterocycles. The number of rotatable bonds is 4. The summed E-state index contributed by atoms with van der Waals surface area (Å²) in [4.78, 5) is 34.5. The predicted octanol–water partition coefficient (Wildman–Crippen LogP) is 6.10. The minimum Gasteiger partial charge on any atom is -0.394 e. The molecule has 2 atom stereocenters. The topological polar surface area (TPSA) is 69.6 Å². The van der Waals surface area contributed by atoms with Crippen LogP contribution in [0.4, 0.5) is 22.7 Å². The first kappa shape index (κ1) is 26.9. The average molecular weight is 487 g/mol. The average Bonchev–Trinajstić information content (AvgIpc) is 3.44. The Kier molecular flexibility index (Phi) is 8.50. The second-order valence-electron chi connectivity index (χ2n) is 9.43. The second kappa shape index (κ2) is 11.4. The van der Waals surface area contributed by atoms with Crippen LogP contribution in [0.25, 0.3) is 9.69 Å². The summed E-state index contributed by atoms with van der Waals surface area (Å²) in [6, 6.07) is 7.47. The number of hydrogen-bond acceptors (Lipinski definition) is 3. The normalized spacial score (nSPS) is 19.1. The van der Waals surface area contributed by atoms with E-state index in [1.54, 1.807) is 11.0 Å². The fraction of sp³-hybridized carbons (Fsp3) is 0.448. The van der Waals surface area contributed by atoms with E-state index in [1.165, 1.54) is 0 Å². The van der Waals surface area contributed by atoms with Crippen LogP contribution < -0.4 is 9.80 Å². The molecule has 2 aromatic rings. The molecule has 2 fully saturated rings. The largest absolute Gasteiger partial charge is 0.394 e. The van der Waals surface area contributed by atoms with Gasteiger partial charge in [0.1, 0.15) is 0 Å². The van der Waals surface area contributed by atoms with E-state index in [2.05, 4.69) is 16.6 Å². The van der Waals surface area contributed by atoms with Crippen molar-refractivity contribution in [1.29, 1.82) is 0 Å². The Hall–Kier alpha value is -3.68. The van der Waals surface area contributed by atoms with Crippen LogP contribution in [0, 0.1) is 40.8 Å². The van der Waals surface area contributed by atoms with E-state index < -0.39 is 0 Å². The molecule has 0 aliphatic carbocycles. The Bertz CT molecular complexity index is 1160. The van der Waals surface area contributed by atoms with Crippen molar-refractivity contribution < 1.29 is 14.7 Å². The zero-order chi connectivity index (χ0) is 26.6. The highest BCUT2D eigenvalue weighted by molar-refractivity contribution is 5.98. The van der Waals surface area contributed by atoms with Gasteiger partial charge < -0.3 is 14.9 Å². The number of amides is 2. The smallest absolute Gasteiger partial charge is 0.227 e. The second-order valence-corrected chi connectivity index (χ2v) is 9.43. The number of benzene rings is 2. The number of anilines is 2. The van der Waals surface area contributed by atoms with Gasteiger partial charge in [-0.25, -0.2) is 9.69 Å². The van der Waals surface area contributed by atoms with Crippen LogP contribution >= 0.6 is 0 Å². The summed E-state index contributed by atoms with van der Waals surface area (Å²) in [7, 11) is 0. The van der Waals surface area contributed by atoms with Crippen molar-refractivity contribution in [3.8, 4) is 0 Å². The number of hydrogen-bond donors (Lipinski definition) is 1. The first-order valence-corrected chi connectivity index (χ1v) is 12.4. The molecular weight excluding hydrogens is 452 g/mol. The van der Waals surface area contributed by atoms with Gasteiger partial charge in [0.05, 0.1) is 25.8 Å². The summed E-state index contributed by atoms with van der Waals surface area (Å²) in [5, 5.41) is 9.33. The predicted molar refractivity (Wildman–Crippen MR) is 143 cm³/mol. The van der Waals surface area contributed by atoms with Gasteiger partial charge in [-0.1, -0.05) is 19.1 Å².